The van der Waals surface area contributed by atoms with Gasteiger partial charge in [-0.05, 0) is 18.9 Å². The molecule has 0 radical (unpaired) electrons. The highest BCUT2D eigenvalue weighted by Crippen LogP contribution is 2.38. The second-order valence-corrected chi connectivity index (χ2v) is 6.48. The Kier molecular flexibility index (Phi) is 5.89. The second kappa shape index (κ2) is 7.67. The average Bonchev–Trinajstić information content (AvgIpc) is 2.98. The van der Waals surface area contributed by atoms with Crippen LogP contribution in [0.5, 0.6) is 0 Å². The topological polar surface area (TPSA) is 33.2 Å². The van der Waals surface area contributed by atoms with E-state index in [9.17, 15) is 4.79 Å². The molecule has 2 rings (SSSR count). The van der Waals surface area contributed by atoms with E-state index in [1.54, 1.807) is 6.20 Å². The van der Waals surface area contributed by atoms with Gasteiger partial charge < -0.3 is 4.90 Å². The molecule has 2 heterocycles. The minimum Gasteiger partial charge on any atom is -0.325 e. The van der Waals surface area contributed by atoms with E-state index in [1.807, 2.05) is 24.0 Å². The molecule has 0 saturated carbocycles. The molecular weight excluding hydrogens is 268 g/mol. The average molecular weight is 292 g/mol. The number of carbonyl (C=O) groups excluding carboxylic acids is 1. The van der Waals surface area contributed by atoms with Crippen molar-refractivity contribution in [2.45, 2.75) is 44.9 Å². The minimum absolute atomic E-state index is 0.159. The lowest BCUT2D eigenvalue weighted by Gasteiger charge is -2.28. The Morgan fingerprint density at radius 3 is 3.05 bits per heavy atom. The number of amides is 1. The second-order valence-electron chi connectivity index (χ2n) is 5.29. The summed E-state index contributed by atoms with van der Waals surface area (Å²) >= 11 is 1.85. The lowest BCUT2D eigenvalue weighted by Crippen LogP contribution is -2.35. The van der Waals surface area contributed by atoms with Crippen LogP contribution in [0.3, 0.4) is 0 Å². The third-order valence-electron chi connectivity index (χ3n) is 3.89. The fourth-order valence-electron chi connectivity index (χ4n) is 2.68. The molecule has 0 aliphatic carbocycles. The van der Waals surface area contributed by atoms with E-state index < -0.39 is 0 Å². The first kappa shape index (κ1) is 15.4. The van der Waals surface area contributed by atoms with Gasteiger partial charge in [-0.15, -0.1) is 11.8 Å². The number of aromatic nitrogens is 1. The summed E-state index contributed by atoms with van der Waals surface area (Å²) in [5, 5.41) is 0.159. The zero-order chi connectivity index (χ0) is 14.4. The summed E-state index contributed by atoms with van der Waals surface area (Å²) in [5.41, 5.74) is 1.15. The van der Waals surface area contributed by atoms with Crippen LogP contribution in [0.1, 0.15) is 50.5 Å². The molecule has 2 unspecified atom stereocenters. The summed E-state index contributed by atoms with van der Waals surface area (Å²) in [4.78, 5) is 19.0. The lowest BCUT2D eigenvalue weighted by atomic mass is 9.97. The molecule has 1 saturated heterocycles. The van der Waals surface area contributed by atoms with Crippen molar-refractivity contribution >= 4 is 17.7 Å². The summed E-state index contributed by atoms with van der Waals surface area (Å²) in [6, 6.07) is 4.02. The lowest BCUT2D eigenvalue weighted by molar-refractivity contribution is -0.136. The van der Waals surface area contributed by atoms with Crippen LogP contribution in [0.15, 0.2) is 24.5 Å². The van der Waals surface area contributed by atoms with Gasteiger partial charge in [0.25, 0.3) is 0 Å². The van der Waals surface area contributed by atoms with E-state index in [4.69, 9.17) is 0 Å². The van der Waals surface area contributed by atoms with E-state index in [2.05, 4.69) is 29.8 Å². The number of rotatable bonds is 6. The Morgan fingerprint density at radius 2 is 2.40 bits per heavy atom. The van der Waals surface area contributed by atoms with Crippen molar-refractivity contribution in [3.8, 4) is 0 Å². The maximum absolute atomic E-state index is 12.8. The molecule has 0 spiro atoms. The van der Waals surface area contributed by atoms with Crippen LogP contribution in [0, 0.1) is 5.92 Å². The van der Waals surface area contributed by atoms with Crippen LogP contribution in [0.2, 0.25) is 0 Å². The molecule has 0 bridgehead atoms. The van der Waals surface area contributed by atoms with Gasteiger partial charge in [-0.1, -0.05) is 32.8 Å². The van der Waals surface area contributed by atoms with Crippen molar-refractivity contribution < 1.29 is 4.79 Å². The third-order valence-corrected chi connectivity index (χ3v) is 5.15. The van der Waals surface area contributed by atoms with Gasteiger partial charge >= 0.3 is 0 Å². The SMILES string of the molecule is CCCCC(CC)C(=O)N1CCSC1c1cccnc1. The molecule has 1 aromatic heterocycles. The first-order valence-corrected chi connectivity index (χ1v) is 8.64. The Hall–Kier alpha value is -1.03. The molecule has 0 aromatic carbocycles. The van der Waals surface area contributed by atoms with Crippen molar-refractivity contribution in [2.75, 3.05) is 12.3 Å². The number of hydrogen-bond donors (Lipinski definition) is 0. The standard InChI is InChI=1S/C16H24N2OS/c1-3-5-7-13(4-2)15(19)18-10-11-20-16(18)14-8-6-9-17-12-14/h6,8-9,12-13,16H,3-5,7,10-11H2,1-2H3. The van der Waals surface area contributed by atoms with E-state index in [0.717, 1.165) is 43.5 Å². The Morgan fingerprint density at radius 1 is 1.55 bits per heavy atom. The van der Waals surface area contributed by atoms with Gasteiger partial charge in [0.2, 0.25) is 5.91 Å². The van der Waals surface area contributed by atoms with Crippen LogP contribution < -0.4 is 0 Å². The van der Waals surface area contributed by atoms with Crippen LogP contribution in [0.25, 0.3) is 0 Å². The van der Waals surface area contributed by atoms with E-state index in [-0.39, 0.29) is 11.3 Å². The summed E-state index contributed by atoms with van der Waals surface area (Å²) in [5.74, 6) is 1.54. The van der Waals surface area contributed by atoms with Crippen molar-refractivity contribution in [1.29, 1.82) is 0 Å². The molecule has 110 valence electrons. The molecule has 1 fully saturated rings. The number of unbranched alkanes of at least 4 members (excludes halogenated alkanes) is 1. The number of nitrogens with zero attached hydrogens (tertiary/aromatic N) is 2. The highest BCUT2D eigenvalue weighted by molar-refractivity contribution is 7.99. The number of pyridine rings is 1. The first-order chi connectivity index (χ1) is 9.77. The minimum atomic E-state index is 0.159. The maximum Gasteiger partial charge on any atom is 0.226 e. The van der Waals surface area contributed by atoms with Crippen LogP contribution >= 0.6 is 11.8 Å². The van der Waals surface area contributed by atoms with Gasteiger partial charge in [0.15, 0.2) is 0 Å². The molecule has 1 aliphatic rings. The molecule has 0 N–H and O–H groups in total. The zero-order valence-corrected chi connectivity index (χ0v) is 13.2. The fourth-order valence-corrected chi connectivity index (χ4v) is 3.93. The molecule has 1 aliphatic heterocycles. The summed E-state index contributed by atoms with van der Waals surface area (Å²) < 4.78 is 0. The monoisotopic (exact) mass is 292 g/mol. The van der Waals surface area contributed by atoms with Crippen LogP contribution in [-0.2, 0) is 4.79 Å². The van der Waals surface area contributed by atoms with E-state index in [1.165, 1.54) is 0 Å². The predicted octanol–water partition coefficient (Wildman–Crippen LogP) is 3.87. The normalized spacial score (nSPS) is 20.1. The van der Waals surface area contributed by atoms with Crippen LogP contribution in [-0.4, -0.2) is 28.1 Å². The molecule has 20 heavy (non-hydrogen) atoms. The van der Waals surface area contributed by atoms with Crippen molar-refractivity contribution in [3.63, 3.8) is 0 Å². The zero-order valence-electron chi connectivity index (χ0n) is 12.4. The Labute approximate surface area is 126 Å². The third kappa shape index (κ3) is 3.54. The van der Waals surface area contributed by atoms with Crippen molar-refractivity contribution in [3.05, 3.63) is 30.1 Å². The molecule has 4 heteroatoms. The largest absolute Gasteiger partial charge is 0.325 e. The smallest absolute Gasteiger partial charge is 0.226 e. The van der Waals surface area contributed by atoms with Gasteiger partial charge in [0.05, 0.1) is 0 Å². The summed E-state index contributed by atoms with van der Waals surface area (Å²) in [6.07, 6.45) is 7.93. The molecule has 1 amide bonds. The summed E-state index contributed by atoms with van der Waals surface area (Å²) in [7, 11) is 0. The van der Waals surface area contributed by atoms with E-state index >= 15 is 0 Å². The number of carbonyl (C=O) groups is 1. The Balaban J connectivity index is 2.08. The number of thioether (sulfide) groups is 1. The summed E-state index contributed by atoms with van der Waals surface area (Å²) in [6.45, 7) is 5.17. The van der Waals surface area contributed by atoms with Crippen molar-refractivity contribution in [1.82, 2.24) is 9.88 Å². The first-order valence-electron chi connectivity index (χ1n) is 7.60. The van der Waals surface area contributed by atoms with Crippen molar-refractivity contribution in [2.24, 2.45) is 5.92 Å². The van der Waals surface area contributed by atoms with Gasteiger partial charge in [0.1, 0.15) is 5.37 Å². The highest BCUT2D eigenvalue weighted by atomic mass is 32.2. The number of hydrogen-bond acceptors (Lipinski definition) is 3. The predicted molar refractivity (Wildman–Crippen MR) is 84.5 cm³/mol. The molecule has 3 nitrogen and oxygen atoms in total. The quantitative estimate of drug-likeness (QED) is 0.798. The molecule has 2 atom stereocenters. The van der Waals surface area contributed by atoms with Gasteiger partial charge in [-0.3, -0.25) is 9.78 Å². The maximum atomic E-state index is 12.8. The van der Waals surface area contributed by atoms with Gasteiger partial charge in [0, 0.05) is 36.2 Å². The fraction of sp³-hybridized carbons (Fsp3) is 0.625. The molecule has 1 aromatic rings. The Bertz CT molecular complexity index is 424. The van der Waals surface area contributed by atoms with Gasteiger partial charge in [-0.25, -0.2) is 0 Å². The molecular formula is C16H24N2OS. The van der Waals surface area contributed by atoms with Crippen LogP contribution in [0.4, 0.5) is 0 Å². The van der Waals surface area contributed by atoms with E-state index in [0.29, 0.717) is 5.91 Å². The van der Waals surface area contributed by atoms with Gasteiger partial charge in [-0.2, -0.15) is 0 Å². The highest BCUT2D eigenvalue weighted by Gasteiger charge is 2.33.